The molecule has 78 valence electrons. The van der Waals surface area contributed by atoms with E-state index in [0.717, 1.165) is 0 Å². The molecule has 0 aromatic carbocycles. The molecule has 0 aromatic rings. The molecular formula is C8H15ClO4. The molecule has 0 aromatic heterocycles. The van der Waals surface area contributed by atoms with Crippen LogP contribution in [0.1, 0.15) is 13.8 Å². The molecule has 0 N–H and O–H groups in total. The van der Waals surface area contributed by atoms with Crippen LogP contribution in [-0.2, 0) is 18.9 Å². The first-order chi connectivity index (χ1) is 6.26. The molecule has 1 aliphatic rings. The van der Waals surface area contributed by atoms with Gasteiger partial charge in [-0.25, -0.2) is 0 Å². The van der Waals surface area contributed by atoms with Gasteiger partial charge in [0.2, 0.25) is 0 Å². The number of hydrogen-bond donors (Lipinski definition) is 0. The summed E-state index contributed by atoms with van der Waals surface area (Å²) >= 11 is 5.62. The zero-order valence-electron chi connectivity index (χ0n) is 7.92. The zero-order valence-corrected chi connectivity index (χ0v) is 8.67. The van der Waals surface area contributed by atoms with Gasteiger partial charge in [-0.05, 0) is 13.8 Å². The third kappa shape index (κ3) is 2.79. The molecule has 1 atom stereocenters. The minimum Gasteiger partial charge on any atom is -0.304 e. The maximum Gasteiger partial charge on any atom is 0.413 e. The van der Waals surface area contributed by atoms with Gasteiger partial charge < -0.3 is 14.2 Å². The summed E-state index contributed by atoms with van der Waals surface area (Å²) in [5.74, 6) is 0.377. The molecule has 1 unspecified atom stereocenters. The first-order valence-corrected chi connectivity index (χ1v) is 4.95. The zero-order chi connectivity index (χ0) is 9.73. The molecule has 13 heavy (non-hydrogen) atoms. The van der Waals surface area contributed by atoms with Gasteiger partial charge in [-0.2, -0.15) is 0 Å². The summed E-state index contributed by atoms with van der Waals surface area (Å²) in [7, 11) is 0. The molecule has 0 radical (unpaired) electrons. The second kappa shape index (κ2) is 5.12. The quantitative estimate of drug-likeness (QED) is 0.507. The largest absolute Gasteiger partial charge is 0.413 e. The first-order valence-electron chi connectivity index (χ1n) is 4.42. The molecule has 5 heteroatoms. The maximum atomic E-state index is 5.62. The van der Waals surface area contributed by atoms with E-state index in [1.807, 2.05) is 13.8 Å². The average Bonchev–Trinajstić information content (AvgIpc) is 2.50. The molecule has 0 amide bonds. The fourth-order valence-electron chi connectivity index (χ4n) is 1.09. The van der Waals surface area contributed by atoms with Crippen LogP contribution in [0, 0.1) is 0 Å². The highest BCUT2D eigenvalue weighted by atomic mass is 35.5. The number of rotatable bonds is 5. The molecule has 1 fully saturated rings. The molecule has 1 rings (SSSR count). The Hall–Kier alpha value is 0.130. The van der Waals surface area contributed by atoms with Crippen molar-refractivity contribution in [1.82, 2.24) is 0 Å². The van der Waals surface area contributed by atoms with Crippen molar-refractivity contribution >= 4 is 11.6 Å². The fourth-order valence-corrected chi connectivity index (χ4v) is 1.24. The van der Waals surface area contributed by atoms with Crippen molar-refractivity contribution in [2.45, 2.75) is 26.1 Å². The van der Waals surface area contributed by atoms with Crippen molar-refractivity contribution < 1.29 is 18.9 Å². The van der Waals surface area contributed by atoms with E-state index in [2.05, 4.69) is 0 Å². The lowest BCUT2D eigenvalue weighted by Gasteiger charge is -2.25. The van der Waals surface area contributed by atoms with Gasteiger partial charge in [-0.1, -0.05) is 0 Å². The van der Waals surface area contributed by atoms with Crippen LogP contribution < -0.4 is 0 Å². The van der Waals surface area contributed by atoms with E-state index in [9.17, 15) is 0 Å². The summed E-state index contributed by atoms with van der Waals surface area (Å²) < 4.78 is 21.1. The van der Waals surface area contributed by atoms with Crippen molar-refractivity contribution in [3.05, 3.63) is 0 Å². The van der Waals surface area contributed by atoms with Crippen molar-refractivity contribution in [3.8, 4) is 0 Å². The topological polar surface area (TPSA) is 36.9 Å². The minimum atomic E-state index is -1.32. The van der Waals surface area contributed by atoms with Crippen LogP contribution in [0.25, 0.3) is 0 Å². The Bertz CT molecular complexity index is 147. The molecule has 0 saturated carbocycles. The van der Waals surface area contributed by atoms with Crippen molar-refractivity contribution in [1.29, 1.82) is 0 Å². The summed E-state index contributed by atoms with van der Waals surface area (Å²) in [5.41, 5.74) is 0. The smallest absolute Gasteiger partial charge is 0.304 e. The SMILES string of the molecule is CCOC1(OCC)OCC(CCl)O1. The van der Waals surface area contributed by atoms with Gasteiger partial charge in [0.1, 0.15) is 6.10 Å². The first kappa shape index (κ1) is 11.2. The minimum absolute atomic E-state index is 0.153. The van der Waals surface area contributed by atoms with E-state index < -0.39 is 6.16 Å². The van der Waals surface area contributed by atoms with Gasteiger partial charge >= 0.3 is 6.16 Å². The highest BCUT2D eigenvalue weighted by molar-refractivity contribution is 6.18. The van der Waals surface area contributed by atoms with E-state index in [0.29, 0.717) is 25.7 Å². The molecule has 1 heterocycles. The molecule has 0 spiro atoms. The predicted octanol–water partition coefficient (Wildman–Crippen LogP) is 1.32. The Morgan fingerprint density at radius 3 is 2.38 bits per heavy atom. The van der Waals surface area contributed by atoms with Gasteiger partial charge in [-0.15, -0.1) is 11.6 Å². The lowest BCUT2D eigenvalue weighted by molar-refractivity contribution is -0.464. The summed E-state index contributed by atoms with van der Waals surface area (Å²) in [4.78, 5) is 0. The Labute approximate surface area is 83.0 Å². The number of halogens is 1. The second-order valence-corrected chi connectivity index (χ2v) is 2.88. The number of hydrogen-bond acceptors (Lipinski definition) is 4. The number of ether oxygens (including phenoxy) is 4. The van der Waals surface area contributed by atoms with Crippen LogP contribution in [-0.4, -0.2) is 38.0 Å². The Balaban J connectivity index is 2.49. The standard InChI is InChI=1S/C8H15ClO4/c1-3-10-8(11-4-2)12-6-7(5-9)13-8/h7H,3-6H2,1-2H3. The van der Waals surface area contributed by atoms with E-state index in [-0.39, 0.29) is 6.10 Å². The molecule has 1 saturated heterocycles. The molecule has 0 aliphatic carbocycles. The van der Waals surface area contributed by atoms with Crippen LogP contribution >= 0.6 is 11.6 Å². The van der Waals surface area contributed by atoms with Gasteiger partial charge in [0.05, 0.1) is 25.7 Å². The Kier molecular flexibility index (Phi) is 4.41. The maximum absolute atomic E-state index is 5.62. The van der Waals surface area contributed by atoms with E-state index in [1.54, 1.807) is 0 Å². The summed E-state index contributed by atoms with van der Waals surface area (Å²) in [6.45, 7) is 5.04. The third-order valence-corrected chi connectivity index (χ3v) is 1.92. The van der Waals surface area contributed by atoms with Crippen molar-refractivity contribution in [3.63, 3.8) is 0 Å². The normalized spacial score (nSPS) is 26.5. The van der Waals surface area contributed by atoms with E-state index in [1.165, 1.54) is 0 Å². The highest BCUT2D eigenvalue weighted by Gasteiger charge is 2.44. The lowest BCUT2D eigenvalue weighted by atomic mass is 10.4. The lowest BCUT2D eigenvalue weighted by Crippen LogP contribution is -2.38. The molecule has 0 bridgehead atoms. The second-order valence-electron chi connectivity index (χ2n) is 2.57. The Morgan fingerprint density at radius 2 is 2.00 bits per heavy atom. The van der Waals surface area contributed by atoms with Crippen LogP contribution in [0.15, 0.2) is 0 Å². The van der Waals surface area contributed by atoms with Gasteiger partial charge in [0.15, 0.2) is 0 Å². The van der Waals surface area contributed by atoms with Crippen LogP contribution in [0.3, 0.4) is 0 Å². The van der Waals surface area contributed by atoms with Gasteiger partial charge in [0, 0.05) is 0 Å². The van der Waals surface area contributed by atoms with Gasteiger partial charge in [0.25, 0.3) is 0 Å². The molecular weight excluding hydrogens is 196 g/mol. The van der Waals surface area contributed by atoms with Crippen molar-refractivity contribution in [2.24, 2.45) is 0 Å². The van der Waals surface area contributed by atoms with Crippen LogP contribution in [0.5, 0.6) is 0 Å². The fraction of sp³-hybridized carbons (Fsp3) is 1.00. The summed E-state index contributed by atoms with van der Waals surface area (Å²) in [5, 5.41) is 0. The number of alkyl halides is 1. The van der Waals surface area contributed by atoms with Gasteiger partial charge in [-0.3, -0.25) is 4.74 Å². The highest BCUT2D eigenvalue weighted by Crippen LogP contribution is 2.26. The Morgan fingerprint density at radius 1 is 1.38 bits per heavy atom. The molecule has 1 aliphatic heterocycles. The monoisotopic (exact) mass is 210 g/mol. The molecule has 4 nitrogen and oxygen atoms in total. The van der Waals surface area contributed by atoms with Crippen LogP contribution in [0.4, 0.5) is 0 Å². The van der Waals surface area contributed by atoms with Crippen LogP contribution in [0.2, 0.25) is 0 Å². The average molecular weight is 211 g/mol. The predicted molar refractivity (Wildman–Crippen MR) is 47.5 cm³/mol. The van der Waals surface area contributed by atoms with Crippen molar-refractivity contribution in [2.75, 3.05) is 25.7 Å². The summed E-state index contributed by atoms with van der Waals surface area (Å²) in [6, 6.07) is 0. The van der Waals surface area contributed by atoms with E-state index in [4.69, 9.17) is 30.5 Å². The van der Waals surface area contributed by atoms with E-state index >= 15 is 0 Å². The third-order valence-electron chi connectivity index (χ3n) is 1.57. The summed E-state index contributed by atoms with van der Waals surface area (Å²) in [6.07, 6.45) is -1.47.